The van der Waals surface area contributed by atoms with E-state index >= 15 is 0 Å². The summed E-state index contributed by atoms with van der Waals surface area (Å²) in [6, 6.07) is 6.66. The SMILES string of the molecule is CC[C@H]1[C@@H]2CCc3cc(OC)ccc3[C@H]2CC[C@]1(CC)CO. The number of aryl methyl sites for hydroxylation is 1. The van der Waals surface area contributed by atoms with Gasteiger partial charge in [-0.05, 0) is 78.5 Å². The van der Waals surface area contributed by atoms with E-state index in [0.717, 1.165) is 24.5 Å². The van der Waals surface area contributed by atoms with Gasteiger partial charge in [0.25, 0.3) is 0 Å². The maximum absolute atomic E-state index is 10.1. The quantitative estimate of drug-likeness (QED) is 0.884. The summed E-state index contributed by atoms with van der Waals surface area (Å²) in [5.74, 6) is 3.08. The average molecular weight is 302 g/mol. The molecule has 0 saturated heterocycles. The summed E-state index contributed by atoms with van der Waals surface area (Å²) in [6.07, 6.45) is 7.14. The van der Waals surface area contributed by atoms with Crippen molar-refractivity contribution >= 4 is 0 Å². The molecular weight excluding hydrogens is 272 g/mol. The van der Waals surface area contributed by atoms with Gasteiger partial charge in [0.2, 0.25) is 0 Å². The van der Waals surface area contributed by atoms with E-state index in [1.807, 2.05) is 0 Å². The Kier molecular flexibility index (Phi) is 4.49. The molecule has 1 N–H and O–H groups in total. The fourth-order valence-electron chi connectivity index (χ4n) is 5.46. The molecule has 1 aromatic carbocycles. The molecule has 0 spiro atoms. The number of hydrogen-bond donors (Lipinski definition) is 1. The highest BCUT2D eigenvalue weighted by molar-refractivity contribution is 5.40. The fraction of sp³-hybridized carbons (Fsp3) is 0.700. The van der Waals surface area contributed by atoms with Crippen LogP contribution in [0.1, 0.15) is 63.0 Å². The van der Waals surface area contributed by atoms with Gasteiger partial charge >= 0.3 is 0 Å². The van der Waals surface area contributed by atoms with Gasteiger partial charge in [0.1, 0.15) is 5.75 Å². The fourth-order valence-corrected chi connectivity index (χ4v) is 5.46. The van der Waals surface area contributed by atoms with Crippen molar-refractivity contribution in [1.29, 1.82) is 0 Å². The predicted octanol–water partition coefficient (Wildman–Crippen LogP) is 4.55. The standard InChI is InChI=1S/C20H30O2/c1-4-19-18-8-6-14-12-15(22-3)7-9-16(14)17(18)10-11-20(19,5-2)13-21/h7,9,12,17-19,21H,4-6,8,10-11,13H2,1-3H3/t17-,18-,19+,20-/m1/s1. The third-order valence-electron chi connectivity index (χ3n) is 6.73. The second kappa shape index (κ2) is 6.23. The van der Waals surface area contributed by atoms with Crippen molar-refractivity contribution in [2.24, 2.45) is 17.3 Å². The lowest BCUT2D eigenvalue weighted by Crippen LogP contribution is -2.45. The molecule has 2 aliphatic rings. The second-order valence-electron chi connectivity index (χ2n) is 7.30. The Bertz CT molecular complexity index is 518. The highest BCUT2D eigenvalue weighted by atomic mass is 16.5. The number of aliphatic hydroxyl groups is 1. The lowest BCUT2D eigenvalue weighted by Gasteiger charge is -2.52. The van der Waals surface area contributed by atoms with Crippen molar-refractivity contribution in [2.75, 3.05) is 13.7 Å². The van der Waals surface area contributed by atoms with Gasteiger partial charge in [-0.2, -0.15) is 0 Å². The van der Waals surface area contributed by atoms with Crippen LogP contribution in [0.2, 0.25) is 0 Å². The minimum atomic E-state index is 0.167. The largest absolute Gasteiger partial charge is 0.497 e. The summed E-state index contributed by atoms with van der Waals surface area (Å²) >= 11 is 0. The molecule has 22 heavy (non-hydrogen) atoms. The Morgan fingerprint density at radius 1 is 1.27 bits per heavy atom. The first-order chi connectivity index (χ1) is 10.7. The molecule has 0 radical (unpaired) electrons. The van der Waals surface area contributed by atoms with Crippen LogP contribution in [0, 0.1) is 17.3 Å². The highest BCUT2D eigenvalue weighted by Crippen LogP contribution is 2.57. The Balaban J connectivity index is 1.94. The summed E-state index contributed by atoms with van der Waals surface area (Å²) in [7, 11) is 1.75. The van der Waals surface area contributed by atoms with Crippen molar-refractivity contribution < 1.29 is 9.84 Å². The number of benzene rings is 1. The van der Waals surface area contributed by atoms with E-state index in [0.29, 0.717) is 18.4 Å². The number of methoxy groups -OCH3 is 1. The van der Waals surface area contributed by atoms with Gasteiger partial charge in [0, 0.05) is 6.61 Å². The van der Waals surface area contributed by atoms with Gasteiger partial charge in [-0.1, -0.05) is 26.3 Å². The highest BCUT2D eigenvalue weighted by Gasteiger charge is 2.48. The van der Waals surface area contributed by atoms with E-state index in [-0.39, 0.29) is 5.41 Å². The van der Waals surface area contributed by atoms with Gasteiger partial charge in [-0.3, -0.25) is 0 Å². The molecule has 0 heterocycles. The molecule has 0 amide bonds. The van der Waals surface area contributed by atoms with Crippen LogP contribution in [0.15, 0.2) is 18.2 Å². The topological polar surface area (TPSA) is 29.5 Å². The summed E-state index contributed by atoms with van der Waals surface area (Å²) in [6.45, 7) is 4.94. The zero-order chi connectivity index (χ0) is 15.7. The monoisotopic (exact) mass is 302 g/mol. The minimum Gasteiger partial charge on any atom is -0.497 e. The van der Waals surface area contributed by atoms with Crippen molar-refractivity contribution in [3.8, 4) is 5.75 Å². The van der Waals surface area contributed by atoms with Crippen LogP contribution < -0.4 is 4.74 Å². The number of hydrogen-bond acceptors (Lipinski definition) is 2. The molecular formula is C20H30O2. The van der Waals surface area contributed by atoms with Crippen molar-refractivity contribution in [3.63, 3.8) is 0 Å². The normalized spacial score (nSPS) is 33.9. The molecule has 0 aliphatic heterocycles. The van der Waals surface area contributed by atoms with Crippen molar-refractivity contribution in [2.45, 2.75) is 58.3 Å². The molecule has 1 fully saturated rings. The number of ether oxygens (including phenoxy) is 1. The molecule has 2 nitrogen and oxygen atoms in total. The molecule has 2 heteroatoms. The Morgan fingerprint density at radius 2 is 2.09 bits per heavy atom. The first-order valence-electron chi connectivity index (χ1n) is 8.96. The summed E-state index contributed by atoms with van der Waals surface area (Å²) in [4.78, 5) is 0. The number of rotatable bonds is 4. The van der Waals surface area contributed by atoms with Crippen molar-refractivity contribution in [1.82, 2.24) is 0 Å². The molecule has 0 aromatic heterocycles. The third kappa shape index (κ3) is 2.36. The van der Waals surface area contributed by atoms with Gasteiger partial charge in [-0.25, -0.2) is 0 Å². The Labute approximate surface area is 134 Å². The molecule has 0 bridgehead atoms. The second-order valence-corrected chi connectivity index (χ2v) is 7.30. The van der Waals surface area contributed by atoms with E-state index in [4.69, 9.17) is 4.74 Å². The first kappa shape index (κ1) is 15.9. The average Bonchev–Trinajstić information content (AvgIpc) is 2.59. The van der Waals surface area contributed by atoms with Gasteiger partial charge in [-0.15, -0.1) is 0 Å². The zero-order valence-corrected chi connectivity index (χ0v) is 14.3. The minimum absolute atomic E-state index is 0.167. The van der Waals surface area contributed by atoms with Crippen LogP contribution in [0.5, 0.6) is 5.75 Å². The van der Waals surface area contributed by atoms with Crippen LogP contribution >= 0.6 is 0 Å². The van der Waals surface area contributed by atoms with Crippen LogP contribution in [0.4, 0.5) is 0 Å². The van der Waals surface area contributed by atoms with E-state index in [2.05, 4.69) is 32.0 Å². The Hall–Kier alpha value is -1.02. The molecule has 1 saturated carbocycles. The van der Waals surface area contributed by atoms with Crippen LogP contribution in [-0.2, 0) is 6.42 Å². The van der Waals surface area contributed by atoms with Crippen LogP contribution in [-0.4, -0.2) is 18.8 Å². The summed E-state index contributed by atoms with van der Waals surface area (Å²) in [5.41, 5.74) is 3.21. The summed E-state index contributed by atoms with van der Waals surface area (Å²) < 4.78 is 5.39. The number of fused-ring (bicyclic) bond motifs is 3. The van der Waals surface area contributed by atoms with Crippen LogP contribution in [0.25, 0.3) is 0 Å². The van der Waals surface area contributed by atoms with E-state index in [9.17, 15) is 5.11 Å². The molecule has 1 aromatic rings. The molecule has 122 valence electrons. The lowest BCUT2D eigenvalue weighted by atomic mass is 9.53. The summed E-state index contributed by atoms with van der Waals surface area (Å²) in [5, 5.41) is 10.1. The maximum Gasteiger partial charge on any atom is 0.119 e. The maximum atomic E-state index is 10.1. The van der Waals surface area contributed by atoms with E-state index in [1.165, 1.54) is 31.2 Å². The third-order valence-corrected chi connectivity index (χ3v) is 6.73. The molecule has 0 unspecified atom stereocenters. The first-order valence-corrected chi connectivity index (χ1v) is 8.96. The molecule has 4 atom stereocenters. The van der Waals surface area contributed by atoms with Gasteiger partial charge in [0.15, 0.2) is 0 Å². The van der Waals surface area contributed by atoms with E-state index in [1.54, 1.807) is 12.7 Å². The van der Waals surface area contributed by atoms with Crippen LogP contribution in [0.3, 0.4) is 0 Å². The predicted molar refractivity (Wildman–Crippen MR) is 90.4 cm³/mol. The van der Waals surface area contributed by atoms with Gasteiger partial charge < -0.3 is 9.84 Å². The van der Waals surface area contributed by atoms with Gasteiger partial charge in [0.05, 0.1) is 7.11 Å². The van der Waals surface area contributed by atoms with E-state index < -0.39 is 0 Å². The number of aliphatic hydroxyl groups excluding tert-OH is 1. The Morgan fingerprint density at radius 3 is 2.73 bits per heavy atom. The molecule has 2 aliphatic carbocycles. The zero-order valence-electron chi connectivity index (χ0n) is 14.3. The smallest absolute Gasteiger partial charge is 0.119 e. The van der Waals surface area contributed by atoms with Crippen molar-refractivity contribution in [3.05, 3.63) is 29.3 Å². The lowest BCUT2D eigenvalue weighted by molar-refractivity contribution is -0.0317. The molecule has 3 rings (SSSR count).